The molecule has 0 aliphatic carbocycles. The van der Waals surface area contributed by atoms with Gasteiger partial charge in [0, 0.05) is 6.54 Å². The molecule has 2 nitrogen and oxygen atoms in total. The van der Waals surface area contributed by atoms with Gasteiger partial charge in [-0.3, -0.25) is 0 Å². The van der Waals surface area contributed by atoms with Crippen molar-refractivity contribution in [2.75, 3.05) is 19.7 Å². The third kappa shape index (κ3) is 2.83. The van der Waals surface area contributed by atoms with Crippen LogP contribution in [0.2, 0.25) is 0 Å². The summed E-state index contributed by atoms with van der Waals surface area (Å²) >= 11 is 0. The molecule has 0 saturated carbocycles. The zero-order chi connectivity index (χ0) is 11.4. The van der Waals surface area contributed by atoms with Crippen LogP contribution in [-0.4, -0.2) is 19.7 Å². The number of hydrogen-bond acceptors (Lipinski definition) is 2. The van der Waals surface area contributed by atoms with E-state index in [4.69, 9.17) is 4.74 Å². The molecule has 1 aliphatic rings. The summed E-state index contributed by atoms with van der Waals surface area (Å²) in [6.07, 6.45) is 1.29. The van der Waals surface area contributed by atoms with Gasteiger partial charge < -0.3 is 10.1 Å². The van der Waals surface area contributed by atoms with E-state index >= 15 is 0 Å². The highest BCUT2D eigenvalue weighted by molar-refractivity contribution is 5.31. The number of rotatable bonds is 4. The van der Waals surface area contributed by atoms with E-state index in [1.54, 1.807) is 0 Å². The van der Waals surface area contributed by atoms with Gasteiger partial charge in [-0.2, -0.15) is 0 Å². The monoisotopic (exact) mass is 219 g/mol. The Morgan fingerprint density at radius 1 is 1.38 bits per heavy atom. The Kier molecular flexibility index (Phi) is 3.97. The number of nitrogens with one attached hydrogen (secondary N) is 1. The van der Waals surface area contributed by atoms with Crippen LogP contribution in [0, 0.1) is 5.92 Å². The molecule has 0 fully saturated rings. The first-order valence-corrected chi connectivity index (χ1v) is 6.17. The van der Waals surface area contributed by atoms with E-state index in [9.17, 15) is 0 Å². The molecule has 1 aliphatic heterocycles. The van der Waals surface area contributed by atoms with Crippen molar-refractivity contribution in [2.45, 2.75) is 26.4 Å². The molecule has 1 heterocycles. The molecule has 1 unspecified atom stereocenters. The van der Waals surface area contributed by atoms with Gasteiger partial charge in [0.05, 0.1) is 12.7 Å². The van der Waals surface area contributed by atoms with Crippen LogP contribution in [0.25, 0.3) is 0 Å². The number of benzene rings is 1. The molecule has 0 saturated heterocycles. The standard InChI is InChI=1S/C14H21NO/c1-11(2)9-15-10-14-13-6-4-3-5-12(13)7-8-16-14/h3-6,11,14-15H,7-10H2,1-2H3. The molecule has 1 aromatic carbocycles. The van der Waals surface area contributed by atoms with Crippen LogP contribution in [0.15, 0.2) is 24.3 Å². The molecule has 1 N–H and O–H groups in total. The first-order valence-electron chi connectivity index (χ1n) is 6.17. The fourth-order valence-corrected chi connectivity index (χ4v) is 2.15. The molecular formula is C14H21NO. The smallest absolute Gasteiger partial charge is 0.0952 e. The van der Waals surface area contributed by atoms with Crippen LogP contribution >= 0.6 is 0 Å². The van der Waals surface area contributed by atoms with Gasteiger partial charge >= 0.3 is 0 Å². The Labute approximate surface area is 98.0 Å². The molecule has 0 spiro atoms. The summed E-state index contributed by atoms with van der Waals surface area (Å²) in [5.74, 6) is 0.693. The largest absolute Gasteiger partial charge is 0.372 e. The lowest BCUT2D eigenvalue weighted by atomic mass is 9.97. The van der Waals surface area contributed by atoms with Crippen LogP contribution in [0.3, 0.4) is 0 Å². The SMILES string of the molecule is CC(C)CNCC1OCCc2ccccc21. The summed E-state index contributed by atoms with van der Waals surface area (Å²) in [6.45, 7) is 7.29. The lowest BCUT2D eigenvalue weighted by Gasteiger charge is -2.26. The normalized spacial score (nSPS) is 19.8. The van der Waals surface area contributed by atoms with Crippen molar-refractivity contribution in [3.8, 4) is 0 Å². The topological polar surface area (TPSA) is 21.3 Å². The fourth-order valence-electron chi connectivity index (χ4n) is 2.15. The summed E-state index contributed by atoms with van der Waals surface area (Å²) < 4.78 is 5.82. The van der Waals surface area contributed by atoms with E-state index in [1.165, 1.54) is 11.1 Å². The average Bonchev–Trinajstić information content (AvgIpc) is 2.29. The van der Waals surface area contributed by atoms with Gasteiger partial charge in [0.1, 0.15) is 0 Å². The van der Waals surface area contributed by atoms with Gasteiger partial charge in [-0.05, 0) is 30.0 Å². The van der Waals surface area contributed by atoms with E-state index in [-0.39, 0.29) is 6.10 Å². The molecule has 0 amide bonds. The summed E-state index contributed by atoms with van der Waals surface area (Å²) in [5, 5.41) is 3.47. The predicted molar refractivity (Wildman–Crippen MR) is 66.5 cm³/mol. The van der Waals surface area contributed by atoms with Gasteiger partial charge in [0.15, 0.2) is 0 Å². The average molecular weight is 219 g/mol. The molecule has 2 heteroatoms. The first-order chi connectivity index (χ1) is 7.77. The molecule has 1 aromatic rings. The predicted octanol–water partition coefficient (Wildman–Crippen LogP) is 2.55. The molecule has 2 rings (SSSR count). The van der Waals surface area contributed by atoms with E-state index in [0.29, 0.717) is 5.92 Å². The molecule has 0 bridgehead atoms. The zero-order valence-corrected chi connectivity index (χ0v) is 10.2. The Balaban J connectivity index is 1.96. The van der Waals surface area contributed by atoms with Crippen molar-refractivity contribution in [1.29, 1.82) is 0 Å². The van der Waals surface area contributed by atoms with Gasteiger partial charge in [0.2, 0.25) is 0 Å². The van der Waals surface area contributed by atoms with Crippen molar-refractivity contribution in [2.24, 2.45) is 5.92 Å². The van der Waals surface area contributed by atoms with Crippen LogP contribution in [-0.2, 0) is 11.2 Å². The van der Waals surface area contributed by atoms with Crippen molar-refractivity contribution < 1.29 is 4.74 Å². The molecule has 0 radical (unpaired) electrons. The van der Waals surface area contributed by atoms with Crippen molar-refractivity contribution >= 4 is 0 Å². The van der Waals surface area contributed by atoms with Gasteiger partial charge in [-0.25, -0.2) is 0 Å². The highest BCUT2D eigenvalue weighted by Gasteiger charge is 2.19. The maximum absolute atomic E-state index is 5.82. The number of fused-ring (bicyclic) bond motifs is 1. The van der Waals surface area contributed by atoms with Crippen LogP contribution < -0.4 is 5.32 Å². The summed E-state index contributed by atoms with van der Waals surface area (Å²) in [5.41, 5.74) is 2.81. The van der Waals surface area contributed by atoms with Crippen LogP contribution in [0.5, 0.6) is 0 Å². The van der Waals surface area contributed by atoms with Crippen molar-refractivity contribution in [3.63, 3.8) is 0 Å². The van der Waals surface area contributed by atoms with Crippen molar-refractivity contribution in [3.05, 3.63) is 35.4 Å². The molecule has 88 valence electrons. The minimum Gasteiger partial charge on any atom is -0.372 e. The minimum atomic E-state index is 0.240. The Morgan fingerprint density at radius 2 is 2.19 bits per heavy atom. The lowest BCUT2D eigenvalue weighted by molar-refractivity contribution is 0.0422. The van der Waals surface area contributed by atoms with Crippen LogP contribution in [0.1, 0.15) is 31.1 Å². The van der Waals surface area contributed by atoms with Gasteiger partial charge in [-0.15, -0.1) is 0 Å². The second kappa shape index (κ2) is 5.46. The zero-order valence-electron chi connectivity index (χ0n) is 10.2. The highest BCUT2D eigenvalue weighted by atomic mass is 16.5. The molecule has 16 heavy (non-hydrogen) atoms. The molecule has 1 atom stereocenters. The maximum Gasteiger partial charge on any atom is 0.0952 e. The summed E-state index contributed by atoms with van der Waals surface area (Å²) in [4.78, 5) is 0. The first kappa shape index (κ1) is 11.6. The number of hydrogen-bond donors (Lipinski definition) is 1. The quantitative estimate of drug-likeness (QED) is 0.840. The Morgan fingerprint density at radius 3 is 3.00 bits per heavy atom. The molecular weight excluding hydrogens is 198 g/mol. The van der Waals surface area contributed by atoms with Gasteiger partial charge in [-0.1, -0.05) is 38.1 Å². The Bertz CT molecular complexity index is 335. The minimum absolute atomic E-state index is 0.240. The lowest BCUT2D eigenvalue weighted by Crippen LogP contribution is -2.29. The van der Waals surface area contributed by atoms with E-state index in [1.807, 2.05) is 0 Å². The van der Waals surface area contributed by atoms with E-state index in [0.717, 1.165) is 26.1 Å². The van der Waals surface area contributed by atoms with Crippen LogP contribution in [0.4, 0.5) is 0 Å². The second-order valence-corrected chi connectivity index (χ2v) is 4.86. The third-order valence-electron chi connectivity index (χ3n) is 2.97. The summed E-state index contributed by atoms with van der Waals surface area (Å²) in [7, 11) is 0. The molecule has 0 aromatic heterocycles. The van der Waals surface area contributed by atoms with Crippen molar-refractivity contribution in [1.82, 2.24) is 5.32 Å². The third-order valence-corrected chi connectivity index (χ3v) is 2.97. The Hall–Kier alpha value is -0.860. The van der Waals surface area contributed by atoms with E-state index in [2.05, 4.69) is 43.4 Å². The maximum atomic E-state index is 5.82. The van der Waals surface area contributed by atoms with Gasteiger partial charge in [0.25, 0.3) is 0 Å². The van der Waals surface area contributed by atoms with E-state index < -0.39 is 0 Å². The number of ether oxygens (including phenoxy) is 1. The fraction of sp³-hybridized carbons (Fsp3) is 0.571. The second-order valence-electron chi connectivity index (χ2n) is 4.86. The summed E-state index contributed by atoms with van der Waals surface area (Å²) in [6, 6.07) is 8.62. The highest BCUT2D eigenvalue weighted by Crippen LogP contribution is 2.26.